The van der Waals surface area contributed by atoms with Crippen molar-refractivity contribution in [1.29, 1.82) is 0 Å². The van der Waals surface area contributed by atoms with Gasteiger partial charge < -0.3 is 37.3 Å². The number of carbonyl (C=O) groups excluding carboxylic acids is 2. The number of methoxy groups -OCH3 is 6. The van der Waals surface area contributed by atoms with Crippen molar-refractivity contribution in [3.63, 3.8) is 0 Å². The molecule has 14 nitrogen and oxygen atoms in total. The molecular weight excluding hydrogens is 1070 g/mol. The average molecular weight is 1120 g/mol. The minimum Gasteiger partial charge on any atom is -0.495 e. The molecule has 0 N–H and O–H groups in total. The van der Waals surface area contributed by atoms with Crippen molar-refractivity contribution in [3.8, 4) is 68.2 Å². The molecule has 2 unspecified atom stereocenters. The summed E-state index contributed by atoms with van der Waals surface area (Å²) >= 11 is 10.1. The molecule has 0 aliphatic rings. The number of benzene rings is 4. The number of nitrogens with zero attached hydrogens (tertiary/aromatic N) is 3. The number of halogens is 2. The van der Waals surface area contributed by atoms with E-state index < -0.39 is 12.2 Å². The standard InChI is InChI=1S/C25H22BrNO5S.C15H18N2O3S.C12H11BrO3/c1-14-27-18(13-33-14)15-5-7-16(8-6-15)25(31-4)24(28)20-10-9-19(32-20)17-11-21(29-2)23(26)22(12-17)30-3;1-10-16-13(9-21-10)11-5-7-12(8-6-11)14(19-3)15(18)17(2)20-4;1-14-10-6-8(9-4-3-5-16-9)7-11(15-2)12(10)13/h5-13,25H,1-4H3;5-9,14H,1-4H3;3-7H,1-2H3. The molecule has 8 rings (SSSR count). The van der Waals surface area contributed by atoms with Crippen LogP contribution in [0.5, 0.6) is 23.0 Å². The normalized spacial score (nSPS) is 11.6. The third-order valence-electron chi connectivity index (χ3n) is 10.6. The molecule has 1 amide bonds. The van der Waals surface area contributed by atoms with E-state index >= 15 is 0 Å². The third kappa shape index (κ3) is 12.8. The number of thiazole rings is 2. The average Bonchev–Trinajstić information content (AvgIpc) is 4.25. The van der Waals surface area contributed by atoms with Crippen LogP contribution in [-0.4, -0.2) is 83.5 Å². The Labute approximate surface area is 431 Å². The SMILES string of the molecule is COC(C(=O)N(C)OC)c1ccc(-c2csc(C)n2)cc1.COc1cc(-c2ccc(C(=O)C(OC)c3ccc(-c4csc(C)n4)cc3)o2)cc(OC)c1Br.COc1cc(-c2ccco2)cc(OC)c1Br. The molecule has 70 heavy (non-hydrogen) atoms. The highest BCUT2D eigenvalue weighted by molar-refractivity contribution is 9.11. The first-order valence-electron chi connectivity index (χ1n) is 21.2. The number of Topliss-reactive ketones (excluding diaryl/α,β-unsaturated/α-hetero) is 1. The predicted octanol–water partition coefficient (Wildman–Crippen LogP) is 13.3. The maximum absolute atomic E-state index is 13.2. The van der Waals surface area contributed by atoms with Gasteiger partial charge >= 0.3 is 0 Å². The van der Waals surface area contributed by atoms with Crippen LogP contribution in [0.1, 0.15) is 43.9 Å². The Kier molecular flexibility index (Phi) is 19.1. The number of aromatic nitrogens is 2. The van der Waals surface area contributed by atoms with E-state index in [-0.39, 0.29) is 17.5 Å². The first kappa shape index (κ1) is 53.2. The summed E-state index contributed by atoms with van der Waals surface area (Å²) < 4.78 is 44.9. The van der Waals surface area contributed by atoms with Crippen molar-refractivity contribution < 1.29 is 51.7 Å². The zero-order valence-corrected chi connectivity index (χ0v) is 44.8. The number of rotatable bonds is 16. The molecule has 4 aromatic heterocycles. The number of ketones is 1. The van der Waals surface area contributed by atoms with Gasteiger partial charge in [-0.3, -0.25) is 14.4 Å². The highest BCUT2D eigenvalue weighted by Gasteiger charge is 2.26. The first-order chi connectivity index (χ1) is 33.8. The van der Waals surface area contributed by atoms with Crippen LogP contribution in [0.25, 0.3) is 45.2 Å². The Bertz CT molecular complexity index is 2920. The van der Waals surface area contributed by atoms with Crippen LogP contribution in [0.15, 0.2) is 132 Å². The zero-order valence-electron chi connectivity index (χ0n) is 40.0. The van der Waals surface area contributed by atoms with Crippen LogP contribution < -0.4 is 18.9 Å². The molecule has 4 aromatic carbocycles. The van der Waals surface area contributed by atoms with Crippen molar-refractivity contribution >= 4 is 66.2 Å². The van der Waals surface area contributed by atoms with Gasteiger partial charge in [-0.25, -0.2) is 15.0 Å². The number of hydroxylamine groups is 2. The predicted molar refractivity (Wildman–Crippen MR) is 278 cm³/mol. The first-order valence-corrected chi connectivity index (χ1v) is 24.6. The molecule has 0 fully saturated rings. The number of hydrogen-bond acceptors (Lipinski definition) is 15. The number of hydrogen-bond donors (Lipinski definition) is 0. The van der Waals surface area contributed by atoms with Crippen LogP contribution in [0.4, 0.5) is 0 Å². The fourth-order valence-electron chi connectivity index (χ4n) is 6.90. The number of furan rings is 2. The fraction of sp³-hybridized carbons (Fsp3) is 0.231. The quantitative estimate of drug-likeness (QED) is 0.0666. The zero-order chi connectivity index (χ0) is 50.5. The molecule has 0 radical (unpaired) electrons. The van der Waals surface area contributed by atoms with Gasteiger partial charge in [0.1, 0.15) is 49.6 Å². The molecule has 0 spiro atoms. The van der Waals surface area contributed by atoms with Crippen LogP contribution in [0.3, 0.4) is 0 Å². The van der Waals surface area contributed by atoms with Gasteiger partial charge in [-0.05, 0) is 105 Å². The van der Waals surface area contributed by atoms with Crippen molar-refractivity contribution in [2.75, 3.05) is 56.8 Å². The van der Waals surface area contributed by atoms with E-state index in [0.29, 0.717) is 33.2 Å². The second-order valence-corrected chi connectivity index (χ2v) is 18.6. The van der Waals surface area contributed by atoms with Crippen LogP contribution >= 0.6 is 54.5 Å². The van der Waals surface area contributed by atoms with Crippen molar-refractivity contribution in [1.82, 2.24) is 15.0 Å². The van der Waals surface area contributed by atoms with Crippen LogP contribution in [0.2, 0.25) is 0 Å². The van der Waals surface area contributed by atoms with Gasteiger partial charge in [0.25, 0.3) is 5.91 Å². The largest absolute Gasteiger partial charge is 0.495 e. The minimum atomic E-state index is -0.788. The van der Waals surface area contributed by atoms with E-state index in [9.17, 15) is 9.59 Å². The number of likely N-dealkylation sites (N-methyl/N-ethyl adjacent to an activating group) is 1. The van der Waals surface area contributed by atoms with Gasteiger partial charge in [0.15, 0.2) is 11.9 Å². The summed E-state index contributed by atoms with van der Waals surface area (Å²) in [6.07, 6.45) is 0.168. The van der Waals surface area contributed by atoms with Gasteiger partial charge in [0.05, 0.1) is 63.2 Å². The molecule has 2 atom stereocenters. The smallest absolute Gasteiger partial charge is 0.279 e. The lowest BCUT2D eigenvalue weighted by Gasteiger charge is -2.21. The summed E-state index contributed by atoms with van der Waals surface area (Å²) in [5.41, 5.74) is 7.03. The van der Waals surface area contributed by atoms with E-state index in [2.05, 4.69) is 41.8 Å². The van der Waals surface area contributed by atoms with E-state index in [1.165, 1.54) is 21.3 Å². The van der Waals surface area contributed by atoms with Gasteiger partial charge in [0, 0.05) is 54.3 Å². The van der Waals surface area contributed by atoms with E-state index in [1.807, 2.05) is 110 Å². The third-order valence-corrected chi connectivity index (χ3v) is 13.7. The molecule has 18 heteroatoms. The Morgan fingerprint density at radius 1 is 0.586 bits per heavy atom. The molecular formula is C52H51Br2N3O11S2. The fourth-order valence-corrected chi connectivity index (χ4v) is 9.25. The molecule has 0 aliphatic carbocycles. The Morgan fingerprint density at radius 2 is 1.03 bits per heavy atom. The highest BCUT2D eigenvalue weighted by atomic mass is 79.9. The summed E-state index contributed by atoms with van der Waals surface area (Å²) in [6.45, 7) is 3.95. The maximum atomic E-state index is 13.2. The Balaban J connectivity index is 0.000000186. The summed E-state index contributed by atoms with van der Waals surface area (Å²) in [5, 5.41) is 7.22. The van der Waals surface area contributed by atoms with Gasteiger partial charge in [0.2, 0.25) is 5.78 Å². The molecule has 0 aliphatic heterocycles. The monoisotopic (exact) mass is 1120 g/mol. The summed E-state index contributed by atoms with van der Waals surface area (Å²) in [6, 6.07) is 29.8. The Morgan fingerprint density at radius 3 is 1.40 bits per heavy atom. The second-order valence-electron chi connectivity index (χ2n) is 14.9. The van der Waals surface area contributed by atoms with Crippen molar-refractivity contribution in [2.24, 2.45) is 0 Å². The molecule has 0 bridgehead atoms. The van der Waals surface area contributed by atoms with Crippen molar-refractivity contribution in [2.45, 2.75) is 26.1 Å². The van der Waals surface area contributed by atoms with Gasteiger partial charge in [-0.15, -0.1) is 22.7 Å². The highest BCUT2D eigenvalue weighted by Crippen LogP contribution is 2.41. The lowest BCUT2D eigenvalue weighted by Crippen LogP contribution is -2.31. The number of carbonyl (C=O) groups is 2. The van der Waals surface area contributed by atoms with Gasteiger partial charge in [-0.2, -0.15) is 0 Å². The van der Waals surface area contributed by atoms with Crippen LogP contribution in [-0.2, 0) is 19.1 Å². The lowest BCUT2D eigenvalue weighted by atomic mass is 10.0. The van der Waals surface area contributed by atoms with Crippen molar-refractivity contribution in [3.05, 3.63) is 150 Å². The molecule has 8 aromatic rings. The summed E-state index contributed by atoms with van der Waals surface area (Å²) in [5.74, 6) is 3.61. The molecule has 366 valence electrons. The number of ether oxygens (including phenoxy) is 6. The van der Waals surface area contributed by atoms with E-state index in [0.717, 1.165) is 70.1 Å². The number of amides is 1. The summed E-state index contributed by atoms with van der Waals surface area (Å²) in [4.78, 5) is 39.2. The number of aryl methyl sites for hydroxylation is 2. The molecule has 0 saturated heterocycles. The van der Waals surface area contributed by atoms with Gasteiger partial charge in [-0.1, -0.05) is 48.5 Å². The van der Waals surface area contributed by atoms with E-state index in [4.69, 9.17) is 42.1 Å². The lowest BCUT2D eigenvalue weighted by molar-refractivity contribution is -0.179. The summed E-state index contributed by atoms with van der Waals surface area (Å²) in [7, 11) is 12.4. The Hall–Kier alpha value is -6.12. The molecule has 0 saturated carbocycles. The van der Waals surface area contributed by atoms with E-state index in [1.54, 1.807) is 76.6 Å². The topological polar surface area (TPSA) is 154 Å². The second kappa shape index (κ2) is 25.1. The maximum Gasteiger partial charge on any atom is 0.279 e. The minimum absolute atomic E-state index is 0.205. The molecule has 4 heterocycles. The van der Waals surface area contributed by atoms with Crippen LogP contribution in [0, 0.1) is 13.8 Å².